The first-order valence-corrected chi connectivity index (χ1v) is 5.56. The van der Waals surface area contributed by atoms with Crippen molar-refractivity contribution in [3.8, 4) is 6.07 Å². The van der Waals surface area contributed by atoms with Crippen LogP contribution < -0.4 is 5.32 Å². The molecule has 0 saturated carbocycles. The third kappa shape index (κ3) is 3.88. The highest BCUT2D eigenvalue weighted by atomic mass is 16.5. The van der Waals surface area contributed by atoms with Crippen LogP contribution in [0.25, 0.3) is 0 Å². The summed E-state index contributed by atoms with van der Waals surface area (Å²) in [5, 5.41) is 11.4. The number of rotatable bonds is 5. The third-order valence-electron chi connectivity index (χ3n) is 2.67. The summed E-state index contributed by atoms with van der Waals surface area (Å²) in [4.78, 5) is 11.4. The van der Waals surface area contributed by atoms with Crippen LogP contribution in [0.2, 0.25) is 0 Å². The van der Waals surface area contributed by atoms with Gasteiger partial charge in [0, 0.05) is 13.2 Å². The molecule has 1 saturated heterocycles. The van der Waals surface area contributed by atoms with Crippen molar-refractivity contribution in [3.05, 3.63) is 0 Å². The summed E-state index contributed by atoms with van der Waals surface area (Å²) in [6, 6.07) is 1.99. The van der Waals surface area contributed by atoms with E-state index in [1.54, 1.807) is 0 Å². The average Bonchev–Trinajstić information content (AvgIpc) is 2.72. The maximum Gasteiger partial charge on any atom is 0.237 e. The Kier molecular flexibility index (Phi) is 5.13. The lowest BCUT2D eigenvalue weighted by molar-refractivity contribution is -0.123. The lowest BCUT2D eigenvalue weighted by Gasteiger charge is -2.11. The molecular weight excluding hydrogens is 192 g/mol. The molecular formula is C11H18N2O2. The Labute approximate surface area is 90.6 Å². The minimum atomic E-state index is -0.505. The smallest absolute Gasteiger partial charge is 0.237 e. The van der Waals surface area contributed by atoms with Gasteiger partial charge in [-0.1, -0.05) is 6.92 Å². The molecule has 0 radical (unpaired) electrons. The molecule has 1 rings (SSSR count). The van der Waals surface area contributed by atoms with Gasteiger partial charge in [-0.25, -0.2) is 0 Å². The second-order valence-electron chi connectivity index (χ2n) is 3.80. The largest absolute Gasteiger partial charge is 0.378 e. The molecule has 15 heavy (non-hydrogen) atoms. The van der Waals surface area contributed by atoms with E-state index >= 15 is 0 Å². The first kappa shape index (κ1) is 12.0. The first-order chi connectivity index (χ1) is 7.27. The van der Waals surface area contributed by atoms with E-state index in [1.807, 2.05) is 13.0 Å². The van der Waals surface area contributed by atoms with Gasteiger partial charge in [0.1, 0.15) is 5.92 Å². The van der Waals surface area contributed by atoms with Gasteiger partial charge in [0.15, 0.2) is 0 Å². The number of carbonyl (C=O) groups is 1. The molecule has 84 valence electrons. The van der Waals surface area contributed by atoms with Crippen LogP contribution in [0.15, 0.2) is 0 Å². The van der Waals surface area contributed by atoms with Gasteiger partial charge >= 0.3 is 0 Å². The van der Waals surface area contributed by atoms with Crippen molar-refractivity contribution in [2.45, 2.75) is 38.7 Å². The molecule has 1 aliphatic heterocycles. The Morgan fingerprint density at radius 2 is 2.53 bits per heavy atom. The van der Waals surface area contributed by atoms with E-state index in [0.29, 0.717) is 19.1 Å². The van der Waals surface area contributed by atoms with Crippen LogP contribution in [0.1, 0.15) is 32.6 Å². The third-order valence-corrected chi connectivity index (χ3v) is 2.67. The maximum absolute atomic E-state index is 11.4. The summed E-state index contributed by atoms with van der Waals surface area (Å²) >= 11 is 0. The lowest BCUT2D eigenvalue weighted by atomic mass is 10.1. The number of amides is 1. The molecule has 0 aromatic heterocycles. The standard InChI is InChI=1S/C11H18N2O2/c1-2-9(8-12)11(14)13-6-5-10-4-3-7-15-10/h9-10H,2-7H2,1H3,(H,13,14). The Morgan fingerprint density at radius 1 is 1.73 bits per heavy atom. The monoisotopic (exact) mass is 210 g/mol. The van der Waals surface area contributed by atoms with Gasteiger partial charge in [-0.05, 0) is 25.7 Å². The van der Waals surface area contributed by atoms with Crippen LogP contribution in [0.5, 0.6) is 0 Å². The number of carbonyl (C=O) groups excluding carboxylic acids is 1. The van der Waals surface area contributed by atoms with Crippen LogP contribution in [0.3, 0.4) is 0 Å². The van der Waals surface area contributed by atoms with Gasteiger partial charge in [-0.15, -0.1) is 0 Å². The zero-order valence-electron chi connectivity index (χ0n) is 9.16. The van der Waals surface area contributed by atoms with E-state index < -0.39 is 5.92 Å². The molecule has 2 unspecified atom stereocenters. The van der Waals surface area contributed by atoms with E-state index in [-0.39, 0.29) is 5.91 Å². The van der Waals surface area contributed by atoms with Gasteiger partial charge in [0.2, 0.25) is 5.91 Å². The number of hydrogen-bond acceptors (Lipinski definition) is 3. The highest BCUT2D eigenvalue weighted by Crippen LogP contribution is 2.14. The normalized spacial score (nSPS) is 22.0. The van der Waals surface area contributed by atoms with Crippen molar-refractivity contribution in [2.75, 3.05) is 13.2 Å². The van der Waals surface area contributed by atoms with E-state index in [9.17, 15) is 4.79 Å². The summed E-state index contributed by atoms with van der Waals surface area (Å²) in [5.41, 5.74) is 0. The van der Waals surface area contributed by atoms with E-state index in [4.69, 9.17) is 10.00 Å². The van der Waals surface area contributed by atoms with Crippen molar-refractivity contribution < 1.29 is 9.53 Å². The molecule has 1 amide bonds. The molecule has 4 nitrogen and oxygen atoms in total. The van der Waals surface area contributed by atoms with Crippen molar-refractivity contribution in [1.82, 2.24) is 5.32 Å². The molecule has 0 aromatic carbocycles. The predicted octanol–water partition coefficient (Wildman–Crippen LogP) is 1.22. The van der Waals surface area contributed by atoms with Gasteiger partial charge in [-0.2, -0.15) is 5.26 Å². The van der Waals surface area contributed by atoms with E-state index in [0.717, 1.165) is 25.9 Å². The van der Waals surface area contributed by atoms with Crippen LogP contribution in [-0.2, 0) is 9.53 Å². The van der Waals surface area contributed by atoms with E-state index in [2.05, 4.69) is 5.32 Å². The molecule has 2 atom stereocenters. The Morgan fingerprint density at radius 3 is 3.07 bits per heavy atom. The predicted molar refractivity (Wildman–Crippen MR) is 56.0 cm³/mol. The zero-order valence-corrected chi connectivity index (χ0v) is 9.16. The summed E-state index contributed by atoms with van der Waals surface area (Å²) in [5.74, 6) is -0.660. The Bertz CT molecular complexity index is 241. The molecule has 0 aliphatic carbocycles. The number of nitrogens with one attached hydrogen (secondary N) is 1. The fourth-order valence-electron chi connectivity index (χ4n) is 1.69. The molecule has 0 spiro atoms. The second-order valence-corrected chi connectivity index (χ2v) is 3.80. The number of nitriles is 1. The van der Waals surface area contributed by atoms with Crippen molar-refractivity contribution in [1.29, 1.82) is 5.26 Å². The summed E-state index contributed by atoms with van der Waals surface area (Å²) < 4.78 is 5.43. The molecule has 0 aromatic rings. The van der Waals surface area contributed by atoms with Crippen LogP contribution >= 0.6 is 0 Å². The zero-order chi connectivity index (χ0) is 11.1. The molecule has 0 bridgehead atoms. The quantitative estimate of drug-likeness (QED) is 0.742. The Balaban J connectivity index is 2.13. The maximum atomic E-state index is 11.4. The SMILES string of the molecule is CCC(C#N)C(=O)NCCC1CCCO1. The minimum absolute atomic E-state index is 0.155. The van der Waals surface area contributed by atoms with Crippen LogP contribution in [-0.4, -0.2) is 25.2 Å². The van der Waals surface area contributed by atoms with Gasteiger partial charge in [0.05, 0.1) is 12.2 Å². The minimum Gasteiger partial charge on any atom is -0.378 e. The average molecular weight is 210 g/mol. The molecule has 1 fully saturated rings. The van der Waals surface area contributed by atoms with Crippen LogP contribution in [0.4, 0.5) is 0 Å². The topological polar surface area (TPSA) is 62.1 Å². The van der Waals surface area contributed by atoms with E-state index in [1.165, 1.54) is 0 Å². The highest BCUT2D eigenvalue weighted by Gasteiger charge is 2.17. The summed E-state index contributed by atoms with van der Waals surface area (Å²) in [6.45, 7) is 3.30. The number of hydrogen-bond donors (Lipinski definition) is 1. The fraction of sp³-hybridized carbons (Fsp3) is 0.818. The van der Waals surface area contributed by atoms with Gasteiger partial charge < -0.3 is 10.1 Å². The van der Waals surface area contributed by atoms with Gasteiger partial charge in [0.25, 0.3) is 0 Å². The van der Waals surface area contributed by atoms with Crippen molar-refractivity contribution >= 4 is 5.91 Å². The summed E-state index contributed by atoms with van der Waals surface area (Å²) in [7, 11) is 0. The molecule has 1 N–H and O–H groups in total. The molecule has 4 heteroatoms. The molecule has 1 heterocycles. The fourth-order valence-corrected chi connectivity index (χ4v) is 1.69. The highest BCUT2D eigenvalue weighted by molar-refractivity contribution is 5.80. The lowest BCUT2D eigenvalue weighted by Crippen LogP contribution is -2.31. The number of nitrogens with zero attached hydrogens (tertiary/aromatic N) is 1. The summed E-state index contributed by atoms with van der Waals surface area (Å²) in [6.07, 6.45) is 3.93. The van der Waals surface area contributed by atoms with Crippen molar-refractivity contribution in [2.24, 2.45) is 5.92 Å². The van der Waals surface area contributed by atoms with Gasteiger partial charge in [-0.3, -0.25) is 4.79 Å². The van der Waals surface area contributed by atoms with Crippen LogP contribution in [0, 0.1) is 17.2 Å². The first-order valence-electron chi connectivity index (χ1n) is 5.56. The second kappa shape index (κ2) is 6.41. The molecule has 1 aliphatic rings. The van der Waals surface area contributed by atoms with Crippen molar-refractivity contribution in [3.63, 3.8) is 0 Å². The number of ether oxygens (including phenoxy) is 1. The Hall–Kier alpha value is -1.08.